The summed E-state index contributed by atoms with van der Waals surface area (Å²) in [5.74, 6) is 0.488. The minimum Gasteiger partial charge on any atom is -0.490 e. The fraction of sp³-hybridized carbons (Fsp3) is 0.667. The number of aliphatic hydroxyl groups excluding tert-OH is 2. The molecule has 41 heavy (non-hydrogen) atoms. The van der Waals surface area contributed by atoms with Gasteiger partial charge in [0.1, 0.15) is 42.5 Å². The summed E-state index contributed by atoms with van der Waals surface area (Å²) < 4.78 is 23.3. The third-order valence-corrected chi connectivity index (χ3v) is 7.47. The number of aliphatic hydroxyl groups is 2. The van der Waals surface area contributed by atoms with Crippen molar-refractivity contribution in [2.24, 2.45) is 11.8 Å². The number of ether oxygens (including phenoxy) is 4. The molecule has 8 heteroatoms. The molecule has 3 N–H and O–H groups in total. The summed E-state index contributed by atoms with van der Waals surface area (Å²) >= 11 is 0. The second-order valence-electron chi connectivity index (χ2n) is 10.9. The maximum absolute atomic E-state index is 12.0. The average molecular weight is 577 g/mol. The van der Waals surface area contributed by atoms with Crippen molar-refractivity contribution in [3.63, 3.8) is 0 Å². The Morgan fingerprint density at radius 3 is 1.78 bits per heavy atom. The zero-order valence-corrected chi connectivity index (χ0v) is 25.5. The number of unbranched alkanes of at least 4 members (excludes halogenated alkanes) is 2. The van der Waals surface area contributed by atoms with Crippen molar-refractivity contribution >= 4 is 16.7 Å². The summed E-state index contributed by atoms with van der Waals surface area (Å²) in [7, 11) is 0. The van der Waals surface area contributed by atoms with Crippen LogP contribution in [0.4, 0.5) is 0 Å². The molecule has 232 valence electrons. The number of benzene rings is 2. The van der Waals surface area contributed by atoms with Crippen LogP contribution in [0.2, 0.25) is 0 Å². The molecular weight excluding hydrogens is 524 g/mol. The lowest BCUT2D eigenvalue weighted by Gasteiger charge is -2.19. The van der Waals surface area contributed by atoms with Crippen LogP contribution in [-0.4, -0.2) is 73.1 Å². The summed E-state index contributed by atoms with van der Waals surface area (Å²) in [6.45, 7) is 10.1. The Morgan fingerprint density at radius 1 is 0.707 bits per heavy atom. The molecule has 2 aromatic rings. The molecule has 0 aromatic heterocycles. The average Bonchev–Trinajstić information content (AvgIpc) is 2.97. The molecule has 2 rings (SSSR count). The third kappa shape index (κ3) is 12.2. The van der Waals surface area contributed by atoms with Crippen molar-refractivity contribution in [3.8, 4) is 11.5 Å². The number of carboxylic acid groups (broad SMARTS) is 1. The van der Waals surface area contributed by atoms with Crippen molar-refractivity contribution in [3.05, 3.63) is 35.9 Å². The van der Waals surface area contributed by atoms with E-state index < -0.39 is 18.2 Å². The van der Waals surface area contributed by atoms with Crippen LogP contribution in [0.1, 0.15) is 89.4 Å². The van der Waals surface area contributed by atoms with Crippen LogP contribution in [0.25, 0.3) is 10.8 Å². The van der Waals surface area contributed by atoms with Gasteiger partial charge in [-0.2, -0.15) is 0 Å². The van der Waals surface area contributed by atoms with Gasteiger partial charge in [0.2, 0.25) is 0 Å². The quantitative estimate of drug-likeness (QED) is 0.138. The lowest BCUT2D eigenvalue weighted by molar-refractivity contribution is -0.00119. The summed E-state index contributed by atoms with van der Waals surface area (Å²) in [6.07, 6.45) is 7.23. The highest BCUT2D eigenvalue weighted by Gasteiger charge is 2.19. The van der Waals surface area contributed by atoms with E-state index in [0.29, 0.717) is 41.6 Å². The number of hydrogen-bond acceptors (Lipinski definition) is 7. The normalized spacial score (nSPS) is 14.5. The van der Waals surface area contributed by atoms with E-state index in [0.717, 1.165) is 44.9 Å². The smallest absolute Gasteiger partial charge is 0.339 e. The lowest BCUT2D eigenvalue weighted by atomic mass is 10.0. The van der Waals surface area contributed by atoms with E-state index in [9.17, 15) is 20.1 Å². The number of aromatic carboxylic acids is 1. The first-order valence-electron chi connectivity index (χ1n) is 15.4. The molecular formula is C33H52O8. The Bertz CT molecular complexity index is 1010. The van der Waals surface area contributed by atoms with Crippen LogP contribution < -0.4 is 9.47 Å². The standard InChI is InChI=1S/C33H52O8/c1-5-9-12-24(7-3)18-38-20-26(34)22-40-31-15-11-14-29-28(31)16-17-30(33(36)37)32(29)41-23-27(35)21-39-19-25(8-4)13-10-6-2/h11,14-17,24-27,34-35H,5-10,12-13,18-23H2,1-4H3,(H,36,37). The van der Waals surface area contributed by atoms with Crippen molar-refractivity contribution in [2.45, 2.75) is 91.3 Å². The summed E-state index contributed by atoms with van der Waals surface area (Å²) in [6, 6.07) is 8.41. The van der Waals surface area contributed by atoms with Gasteiger partial charge in [-0.3, -0.25) is 0 Å². The SMILES string of the molecule is CCCCC(CC)COCC(O)COc1cccc2c(OCC(O)COCC(CC)CCCC)c(C(=O)O)ccc12. The Balaban J connectivity index is 2.00. The van der Waals surface area contributed by atoms with E-state index in [4.69, 9.17) is 18.9 Å². The minimum absolute atomic E-state index is 0.00429. The van der Waals surface area contributed by atoms with Gasteiger partial charge in [-0.25, -0.2) is 4.79 Å². The van der Waals surface area contributed by atoms with Gasteiger partial charge >= 0.3 is 5.97 Å². The summed E-state index contributed by atoms with van der Waals surface area (Å²) in [5, 5.41) is 31.9. The van der Waals surface area contributed by atoms with Crippen molar-refractivity contribution in [2.75, 3.05) is 39.6 Å². The first kappa shape index (κ1) is 34.8. The Morgan fingerprint density at radius 2 is 1.27 bits per heavy atom. The molecule has 0 amide bonds. The molecule has 0 saturated carbocycles. The van der Waals surface area contributed by atoms with Crippen LogP contribution in [0, 0.1) is 11.8 Å². The van der Waals surface area contributed by atoms with Crippen LogP contribution in [-0.2, 0) is 9.47 Å². The van der Waals surface area contributed by atoms with E-state index >= 15 is 0 Å². The lowest BCUT2D eigenvalue weighted by Crippen LogP contribution is -2.25. The van der Waals surface area contributed by atoms with E-state index in [2.05, 4.69) is 27.7 Å². The van der Waals surface area contributed by atoms with Gasteiger partial charge in [-0.05, 0) is 42.9 Å². The molecule has 4 unspecified atom stereocenters. The number of rotatable bonds is 23. The van der Waals surface area contributed by atoms with Gasteiger partial charge in [0.25, 0.3) is 0 Å². The molecule has 0 radical (unpaired) electrons. The molecule has 0 bridgehead atoms. The van der Waals surface area contributed by atoms with Crippen molar-refractivity contribution < 1.29 is 39.1 Å². The Hall–Kier alpha value is -2.39. The largest absolute Gasteiger partial charge is 0.490 e. The van der Waals surface area contributed by atoms with Crippen LogP contribution in [0.3, 0.4) is 0 Å². The molecule has 4 atom stereocenters. The molecule has 0 spiro atoms. The topological polar surface area (TPSA) is 115 Å². The zero-order valence-electron chi connectivity index (χ0n) is 25.5. The fourth-order valence-electron chi connectivity index (χ4n) is 4.75. The van der Waals surface area contributed by atoms with Crippen molar-refractivity contribution in [1.82, 2.24) is 0 Å². The molecule has 8 nitrogen and oxygen atoms in total. The van der Waals surface area contributed by atoms with Crippen molar-refractivity contribution in [1.29, 1.82) is 0 Å². The first-order valence-corrected chi connectivity index (χ1v) is 15.4. The molecule has 0 aliphatic carbocycles. The van der Waals surface area contributed by atoms with Gasteiger partial charge in [-0.1, -0.05) is 78.4 Å². The van der Waals surface area contributed by atoms with Crippen LogP contribution in [0.15, 0.2) is 30.3 Å². The Labute approximate surface area is 246 Å². The molecule has 0 heterocycles. The highest BCUT2D eigenvalue weighted by atomic mass is 16.5. The second kappa shape index (κ2) is 19.7. The monoisotopic (exact) mass is 576 g/mol. The van der Waals surface area contributed by atoms with E-state index in [-0.39, 0.29) is 37.7 Å². The van der Waals surface area contributed by atoms with Gasteiger partial charge in [-0.15, -0.1) is 0 Å². The van der Waals surface area contributed by atoms with Crippen LogP contribution in [0.5, 0.6) is 11.5 Å². The second-order valence-corrected chi connectivity index (χ2v) is 10.9. The fourth-order valence-corrected chi connectivity index (χ4v) is 4.75. The summed E-state index contributed by atoms with van der Waals surface area (Å²) in [4.78, 5) is 12.0. The van der Waals surface area contributed by atoms with E-state index in [1.165, 1.54) is 12.5 Å². The van der Waals surface area contributed by atoms with Gasteiger partial charge in [0.15, 0.2) is 0 Å². The van der Waals surface area contributed by atoms with Gasteiger partial charge in [0.05, 0.1) is 13.2 Å². The third-order valence-electron chi connectivity index (χ3n) is 7.47. The molecule has 0 aliphatic heterocycles. The molecule has 0 fully saturated rings. The molecule has 0 aliphatic rings. The predicted molar refractivity (Wildman–Crippen MR) is 162 cm³/mol. The van der Waals surface area contributed by atoms with Crippen LogP contribution >= 0.6 is 0 Å². The summed E-state index contributed by atoms with van der Waals surface area (Å²) in [5.41, 5.74) is -0.00429. The first-order chi connectivity index (χ1) is 19.8. The number of carbonyl (C=O) groups is 1. The Kier molecular flexibility index (Phi) is 16.7. The number of hydrogen-bond donors (Lipinski definition) is 3. The highest BCUT2D eigenvalue weighted by Crippen LogP contribution is 2.35. The number of carboxylic acids is 1. The minimum atomic E-state index is -1.13. The van der Waals surface area contributed by atoms with E-state index in [1.807, 2.05) is 0 Å². The van der Waals surface area contributed by atoms with Gasteiger partial charge in [0, 0.05) is 24.0 Å². The number of fused-ring (bicyclic) bond motifs is 1. The van der Waals surface area contributed by atoms with E-state index in [1.54, 1.807) is 24.3 Å². The highest BCUT2D eigenvalue weighted by molar-refractivity contribution is 6.02. The maximum Gasteiger partial charge on any atom is 0.339 e. The molecule has 2 aromatic carbocycles. The van der Waals surface area contributed by atoms with Gasteiger partial charge < -0.3 is 34.3 Å². The maximum atomic E-state index is 12.0. The predicted octanol–water partition coefficient (Wildman–Crippen LogP) is 6.48. The molecule has 0 saturated heterocycles. The zero-order chi connectivity index (χ0) is 30.0.